The molecule has 18 heavy (non-hydrogen) atoms. The number of benzene rings is 1. The van der Waals surface area contributed by atoms with Crippen LogP contribution in [-0.2, 0) is 6.42 Å². The first-order chi connectivity index (χ1) is 8.58. The summed E-state index contributed by atoms with van der Waals surface area (Å²) in [6.45, 7) is 6.35. The number of hydrogen-bond donors (Lipinski definition) is 1. The molecule has 0 aliphatic heterocycles. The lowest BCUT2D eigenvalue weighted by molar-refractivity contribution is 0.589. The summed E-state index contributed by atoms with van der Waals surface area (Å²) in [6, 6.07) is 7.07. The Morgan fingerprint density at radius 1 is 1.17 bits per heavy atom. The van der Waals surface area contributed by atoms with Gasteiger partial charge in [0, 0.05) is 23.5 Å². The van der Waals surface area contributed by atoms with Crippen molar-refractivity contribution in [3.05, 3.63) is 51.0 Å². The van der Waals surface area contributed by atoms with Gasteiger partial charge in [-0.2, -0.15) is 0 Å². The van der Waals surface area contributed by atoms with Crippen molar-refractivity contribution in [2.75, 3.05) is 7.05 Å². The molecule has 96 valence electrons. The van der Waals surface area contributed by atoms with Gasteiger partial charge in [0.05, 0.1) is 5.01 Å². The first-order valence-electron chi connectivity index (χ1n) is 6.25. The van der Waals surface area contributed by atoms with Crippen LogP contribution in [0.25, 0.3) is 0 Å². The molecule has 2 nitrogen and oxygen atoms in total. The van der Waals surface area contributed by atoms with Gasteiger partial charge < -0.3 is 5.32 Å². The summed E-state index contributed by atoms with van der Waals surface area (Å²) < 4.78 is 0. The van der Waals surface area contributed by atoms with Crippen LogP contribution < -0.4 is 5.32 Å². The molecule has 1 N–H and O–H groups in total. The zero-order valence-corrected chi connectivity index (χ0v) is 12.3. The molecular formula is C15H20N2S. The van der Waals surface area contributed by atoms with Crippen LogP contribution in [0.15, 0.2) is 23.6 Å². The molecule has 0 radical (unpaired) electrons. The van der Waals surface area contributed by atoms with E-state index in [2.05, 4.69) is 47.7 Å². The summed E-state index contributed by atoms with van der Waals surface area (Å²) >= 11 is 1.75. The van der Waals surface area contributed by atoms with Crippen molar-refractivity contribution in [3.63, 3.8) is 0 Å². The second-order valence-corrected chi connectivity index (χ2v) is 5.79. The highest BCUT2D eigenvalue weighted by atomic mass is 32.1. The molecule has 0 aliphatic carbocycles. The molecule has 1 heterocycles. The van der Waals surface area contributed by atoms with E-state index in [1.807, 2.05) is 14.0 Å². The number of hydrogen-bond acceptors (Lipinski definition) is 3. The van der Waals surface area contributed by atoms with Crippen LogP contribution in [0, 0.1) is 20.8 Å². The highest BCUT2D eigenvalue weighted by Crippen LogP contribution is 2.22. The van der Waals surface area contributed by atoms with E-state index in [1.54, 1.807) is 11.3 Å². The normalized spacial score (nSPS) is 12.7. The van der Waals surface area contributed by atoms with E-state index in [-0.39, 0.29) is 0 Å². The molecule has 0 saturated heterocycles. The van der Waals surface area contributed by atoms with E-state index in [0.29, 0.717) is 6.04 Å². The number of nitrogens with zero attached hydrogens (tertiary/aromatic N) is 1. The van der Waals surface area contributed by atoms with Gasteiger partial charge in [-0.3, -0.25) is 0 Å². The average Bonchev–Trinajstić information content (AvgIpc) is 2.70. The minimum atomic E-state index is 0.342. The Bertz CT molecular complexity index is 511. The maximum absolute atomic E-state index is 4.55. The monoisotopic (exact) mass is 260 g/mol. The predicted octanol–water partition coefficient (Wildman–Crippen LogP) is 3.57. The molecule has 1 atom stereocenters. The average molecular weight is 260 g/mol. The van der Waals surface area contributed by atoms with Crippen LogP contribution in [0.3, 0.4) is 0 Å². The Labute approximate surface area is 113 Å². The molecule has 0 aliphatic rings. The van der Waals surface area contributed by atoms with Crippen molar-refractivity contribution >= 4 is 11.3 Å². The molecule has 1 aromatic heterocycles. The smallest absolute Gasteiger partial charge is 0.0947 e. The number of nitrogens with one attached hydrogen (secondary N) is 1. The Morgan fingerprint density at radius 3 is 2.33 bits per heavy atom. The Morgan fingerprint density at radius 2 is 1.83 bits per heavy atom. The number of thiazole rings is 1. The number of aryl methyl sites for hydroxylation is 3. The van der Waals surface area contributed by atoms with E-state index >= 15 is 0 Å². The van der Waals surface area contributed by atoms with Gasteiger partial charge in [0.15, 0.2) is 0 Å². The molecule has 0 spiro atoms. The fourth-order valence-corrected chi connectivity index (χ4v) is 3.09. The highest BCUT2D eigenvalue weighted by Gasteiger charge is 2.12. The van der Waals surface area contributed by atoms with Crippen molar-refractivity contribution in [2.24, 2.45) is 0 Å². The lowest BCUT2D eigenvalue weighted by atomic mass is 9.99. The molecule has 0 bridgehead atoms. The van der Waals surface area contributed by atoms with Crippen LogP contribution in [0.1, 0.15) is 33.4 Å². The van der Waals surface area contributed by atoms with Crippen molar-refractivity contribution in [3.8, 4) is 0 Å². The SMILES string of the molecule is CNC(Cc1nc(C)cs1)c1cc(C)cc(C)c1. The van der Waals surface area contributed by atoms with Gasteiger partial charge in [0.25, 0.3) is 0 Å². The first-order valence-corrected chi connectivity index (χ1v) is 7.13. The molecule has 2 rings (SSSR count). The molecule has 0 fully saturated rings. The van der Waals surface area contributed by atoms with Gasteiger partial charge in [-0.05, 0) is 33.4 Å². The second-order valence-electron chi connectivity index (χ2n) is 4.85. The molecule has 0 saturated carbocycles. The molecule has 1 aromatic carbocycles. The summed E-state index contributed by atoms with van der Waals surface area (Å²) in [6.07, 6.45) is 0.956. The zero-order chi connectivity index (χ0) is 13.1. The molecular weight excluding hydrogens is 240 g/mol. The summed E-state index contributed by atoms with van der Waals surface area (Å²) in [7, 11) is 2.02. The molecule has 1 unspecified atom stereocenters. The number of aromatic nitrogens is 1. The third kappa shape index (κ3) is 3.18. The van der Waals surface area contributed by atoms with Gasteiger partial charge in [-0.25, -0.2) is 4.98 Å². The topological polar surface area (TPSA) is 24.9 Å². The van der Waals surface area contributed by atoms with E-state index in [4.69, 9.17) is 0 Å². The Kier molecular flexibility index (Phi) is 4.15. The standard InChI is InChI=1S/C15H20N2S/c1-10-5-11(2)7-13(6-10)14(16-4)8-15-17-12(3)9-18-15/h5-7,9,14,16H,8H2,1-4H3. The van der Waals surface area contributed by atoms with E-state index in [9.17, 15) is 0 Å². The largest absolute Gasteiger partial charge is 0.313 e. The fourth-order valence-electron chi connectivity index (χ4n) is 2.27. The number of rotatable bonds is 4. The number of likely N-dealkylation sites (N-methyl/N-ethyl adjacent to an activating group) is 1. The fraction of sp³-hybridized carbons (Fsp3) is 0.400. The summed E-state index contributed by atoms with van der Waals surface area (Å²) in [5.41, 5.74) is 5.11. The first kappa shape index (κ1) is 13.2. The van der Waals surface area contributed by atoms with Crippen LogP contribution in [0.5, 0.6) is 0 Å². The Hall–Kier alpha value is -1.19. The third-order valence-corrected chi connectivity index (χ3v) is 4.03. The predicted molar refractivity (Wildman–Crippen MR) is 78.3 cm³/mol. The van der Waals surface area contributed by atoms with Gasteiger partial charge in [0.2, 0.25) is 0 Å². The van der Waals surface area contributed by atoms with Crippen LogP contribution in [0.4, 0.5) is 0 Å². The van der Waals surface area contributed by atoms with Gasteiger partial charge in [0.1, 0.15) is 0 Å². The molecule has 2 aromatic rings. The van der Waals surface area contributed by atoms with Crippen LogP contribution in [0.2, 0.25) is 0 Å². The molecule has 3 heteroatoms. The van der Waals surface area contributed by atoms with Crippen molar-refractivity contribution in [2.45, 2.75) is 33.2 Å². The van der Waals surface area contributed by atoms with E-state index < -0.39 is 0 Å². The second kappa shape index (κ2) is 5.63. The zero-order valence-electron chi connectivity index (χ0n) is 11.4. The maximum Gasteiger partial charge on any atom is 0.0947 e. The van der Waals surface area contributed by atoms with E-state index in [0.717, 1.165) is 12.1 Å². The highest BCUT2D eigenvalue weighted by molar-refractivity contribution is 7.09. The van der Waals surface area contributed by atoms with Gasteiger partial charge in [-0.1, -0.05) is 29.3 Å². The van der Waals surface area contributed by atoms with Crippen molar-refractivity contribution in [1.82, 2.24) is 10.3 Å². The van der Waals surface area contributed by atoms with Gasteiger partial charge >= 0.3 is 0 Å². The maximum atomic E-state index is 4.55. The quantitative estimate of drug-likeness (QED) is 0.909. The lowest BCUT2D eigenvalue weighted by Gasteiger charge is -2.16. The van der Waals surface area contributed by atoms with Gasteiger partial charge in [-0.15, -0.1) is 11.3 Å². The minimum Gasteiger partial charge on any atom is -0.313 e. The van der Waals surface area contributed by atoms with Crippen molar-refractivity contribution < 1.29 is 0 Å². The summed E-state index contributed by atoms with van der Waals surface area (Å²) in [5.74, 6) is 0. The summed E-state index contributed by atoms with van der Waals surface area (Å²) in [4.78, 5) is 4.55. The molecule has 0 amide bonds. The third-order valence-electron chi connectivity index (χ3n) is 3.04. The van der Waals surface area contributed by atoms with Crippen molar-refractivity contribution in [1.29, 1.82) is 0 Å². The van der Waals surface area contributed by atoms with E-state index in [1.165, 1.54) is 21.7 Å². The lowest BCUT2D eigenvalue weighted by Crippen LogP contribution is -2.19. The Balaban J connectivity index is 2.22. The van der Waals surface area contributed by atoms with Crippen LogP contribution >= 0.6 is 11.3 Å². The minimum absolute atomic E-state index is 0.342. The van der Waals surface area contributed by atoms with Crippen LogP contribution in [-0.4, -0.2) is 12.0 Å². The summed E-state index contributed by atoms with van der Waals surface area (Å²) in [5, 5.41) is 6.71.